The van der Waals surface area contributed by atoms with Crippen molar-refractivity contribution in [3.63, 3.8) is 0 Å². The summed E-state index contributed by atoms with van der Waals surface area (Å²) in [7, 11) is 0. The molecule has 23 heavy (non-hydrogen) atoms. The molecule has 1 N–H and O–H groups in total. The number of hydrogen-bond acceptors (Lipinski definition) is 1. The van der Waals surface area contributed by atoms with Crippen molar-refractivity contribution in [2.75, 3.05) is 0 Å². The molecule has 3 rings (SSSR count). The average molecular weight is 321 g/mol. The Morgan fingerprint density at radius 3 is 2.30 bits per heavy atom. The van der Waals surface area contributed by atoms with Gasteiger partial charge in [0, 0.05) is 0 Å². The monoisotopic (exact) mass is 320 g/mol. The minimum atomic E-state index is 0.0221. The molecule has 3 fully saturated rings. The predicted molar refractivity (Wildman–Crippen MR) is 98.4 cm³/mol. The second kappa shape index (κ2) is 8.88. The second-order valence-corrected chi connectivity index (χ2v) is 9.12. The Morgan fingerprint density at radius 2 is 1.52 bits per heavy atom. The summed E-state index contributed by atoms with van der Waals surface area (Å²) in [4.78, 5) is 0. The summed E-state index contributed by atoms with van der Waals surface area (Å²) in [6.07, 6.45) is 21.3. The van der Waals surface area contributed by atoms with Gasteiger partial charge in [-0.1, -0.05) is 64.7 Å². The first-order valence-corrected chi connectivity index (χ1v) is 11.0. The Kier molecular flexibility index (Phi) is 6.86. The van der Waals surface area contributed by atoms with Crippen molar-refractivity contribution in [3.05, 3.63) is 0 Å². The number of aliphatic hydroxyl groups is 1. The molecule has 0 amide bonds. The zero-order valence-corrected chi connectivity index (χ0v) is 15.5. The van der Waals surface area contributed by atoms with Gasteiger partial charge in [-0.3, -0.25) is 0 Å². The van der Waals surface area contributed by atoms with Crippen LogP contribution >= 0.6 is 0 Å². The molecule has 1 heteroatoms. The third-order valence-electron chi connectivity index (χ3n) is 7.64. The van der Waals surface area contributed by atoms with Crippen molar-refractivity contribution in [1.29, 1.82) is 0 Å². The highest BCUT2D eigenvalue weighted by molar-refractivity contribution is 4.91. The average Bonchev–Trinajstić information content (AvgIpc) is 2.58. The summed E-state index contributed by atoms with van der Waals surface area (Å²) < 4.78 is 0. The van der Waals surface area contributed by atoms with E-state index in [9.17, 15) is 5.11 Å². The third-order valence-corrected chi connectivity index (χ3v) is 7.64. The van der Waals surface area contributed by atoms with Crippen molar-refractivity contribution < 1.29 is 5.11 Å². The van der Waals surface area contributed by atoms with Gasteiger partial charge in [0.05, 0.1) is 6.10 Å². The van der Waals surface area contributed by atoms with Crippen LogP contribution in [0.2, 0.25) is 0 Å². The highest BCUT2D eigenvalue weighted by Gasteiger charge is 2.41. The van der Waals surface area contributed by atoms with Crippen molar-refractivity contribution in [2.45, 2.75) is 109 Å². The van der Waals surface area contributed by atoms with Crippen LogP contribution < -0.4 is 0 Å². The largest absolute Gasteiger partial charge is 0.393 e. The fourth-order valence-corrected chi connectivity index (χ4v) is 6.34. The number of fused-ring (bicyclic) bond motifs is 1. The van der Waals surface area contributed by atoms with E-state index >= 15 is 0 Å². The van der Waals surface area contributed by atoms with Crippen LogP contribution in [-0.4, -0.2) is 11.2 Å². The van der Waals surface area contributed by atoms with Crippen LogP contribution in [0.1, 0.15) is 103 Å². The highest BCUT2D eigenvalue weighted by atomic mass is 16.3. The summed E-state index contributed by atoms with van der Waals surface area (Å²) in [5, 5.41) is 10.0. The highest BCUT2D eigenvalue weighted by Crippen LogP contribution is 2.50. The minimum Gasteiger partial charge on any atom is -0.393 e. The molecule has 0 aromatic rings. The fourth-order valence-electron chi connectivity index (χ4n) is 6.34. The standard InChI is InChI=1S/C22H40O/c1-2-3-4-5-7-17-10-12-18(13-11-17)21-9-6-8-19-16-20(23)14-15-22(19)21/h17-23H,2-16H2,1H3. The first-order chi connectivity index (χ1) is 11.3. The van der Waals surface area contributed by atoms with Crippen molar-refractivity contribution in [3.8, 4) is 0 Å². The maximum absolute atomic E-state index is 10.0. The molecule has 4 unspecified atom stereocenters. The van der Waals surface area contributed by atoms with Crippen molar-refractivity contribution in [1.82, 2.24) is 0 Å². The molecule has 3 aliphatic rings. The molecule has 134 valence electrons. The molecule has 0 saturated heterocycles. The van der Waals surface area contributed by atoms with Gasteiger partial charge in [-0.15, -0.1) is 0 Å². The summed E-state index contributed by atoms with van der Waals surface area (Å²) in [6, 6.07) is 0. The van der Waals surface area contributed by atoms with Crippen LogP contribution in [0, 0.1) is 29.6 Å². The molecule has 0 aromatic carbocycles. The van der Waals surface area contributed by atoms with E-state index in [0.29, 0.717) is 0 Å². The van der Waals surface area contributed by atoms with Crippen LogP contribution in [0.25, 0.3) is 0 Å². The first-order valence-electron chi connectivity index (χ1n) is 11.0. The smallest absolute Gasteiger partial charge is 0.0543 e. The van der Waals surface area contributed by atoms with Gasteiger partial charge in [0.15, 0.2) is 0 Å². The van der Waals surface area contributed by atoms with Crippen molar-refractivity contribution >= 4 is 0 Å². The summed E-state index contributed by atoms with van der Waals surface area (Å²) in [5.74, 6) is 4.94. The Hall–Kier alpha value is -0.0400. The molecule has 3 saturated carbocycles. The molecular formula is C22H40O. The van der Waals surface area contributed by atoms with Gasteiger partial charge in [0.25, 0.3) is 0 Å². The van der Waals surface area contributed by atoms with Gasteiger partial charge in [0.1, 0.15) is 0 Å². The van der Waals surface area contributed by atoms with E-state index in [1.165, 1.54) is 83.5 Å². The molecule has 3 aliphatic carbocycles. The molecule has 0 radical (unpaired) electrons. The van der Waals surface area contributed by atoms with Gasteiger partial charge in [-0.25, -0.2) is 0 Å². The van der Waals surface area contributed by atoms with Gasteiger partial charge < -0.3 is 5.11 Å². The van der Waals surface area contributed by atoms with Crippen molar-refractivity contribution in [2.24, 2.45) is 29.6 Å². The van der Waals surface area contributed by atoms with E-state index in [1.807, 2.05) is 0 Å². The molecule has 0 heterocycles. The lowest BCUT2D eigenvalue weighted by Crippen LogP contribution is -2.39. The van der Waals surface area contributed by atoms with Gasteiger partial charge >= 0.3 is 0 Å². The molecular weight excluding hydrogens is 280 g/mol. The summed E-state index contributed by atoms with van der Waals surface area (Å²) in [5.41, 5.74) is 0. The van der Waals surface area contributed by atoms with Crippen LogP contribution in [0.4, 0.5) is 0 Å². The zero-order valence-electron chi connectivity index (χ0n) is 15.5. The maximum atomic E-state index is 10.0. The van der Waals surface area contributed by atoms with Gasteiger partial charge in [-0.05, 0) is 68.1 Å². The lowest BCUT2D eigenvalue weighted by molar-refractivity contribution is -0.00583. The Morgan fingerprint density at radius 1 is 0.739 bits per heavy atom. The van der Waals surface area contributed by atoms with E-state index in [1.54, 1.807) is 0 Å². The van der Waals surface area contributed by atoms with Crippen LogP contribution in [-0.2, 0) is 0 Å². The van der Waals surface area contributed by atoms with Crippen LogP contribution in [0.5, 0.6) is 0 Å². The zero-order chi connectivity index (χ0) is 16.1. The van der Waals surface area contributed by atoms with Gasteiger partial charge in [-0.2, -0.15) is 0 Å². The van der Waals surface area contributed by atoms with Crippen LogP contribution in [0.15, 0.2) is 0 Å². The quantitative estimate of drug-likeness (QED) is 0.566. The topological polar surface area (TPSA) is 20.2 Å². The normalized spacial score (nSPS) is 41.5. The van der Waals surface area contributed by atoms with Crippen LogP contribution in [0.3, 0.4) is 0 Å². The SMILES string of the molecule is CCCCCCC1CCC(C2CCCC3CC(O)CCC32)CC1. The second-order valence-electron chi connectivity index (χ2n) is 9.12. The summed E-state index contributed by atoms with van der Waals surface area (Å²) in [6.45, 7) is 2.31. The minimum absolute atomic E-state index is 0.0221. The summed E-state index contributed by atoms with van der Waals surface area (Å²) >= 11 is 0. The predicted octanol–water partition coefficient (Wildman–Crippen LogP) is 6.34. The number of unbranched alkanes of at least 4 members (excludes halogenated alkanes) is 3. The van der Waals surface area contributed by atoms with E-state index in [0.717, 1.165) is 42.4 Å². The van der Waals surface area contributed by atoms with E-state index in [4.69, 9.17) is 0 Å². The number of rotatable bonds is 6. The number of aliphatic hydroxyl groups excluding tert-OH is 1. The van der Waals surface area contributed by atoms with Gasteiger partial charge in [0.2, 0.25) is 0 Å². The molecule has 0 spiro atoms. The molecule has 0 aliphatic heterocycles. The maximum Gasteiger partial charge on any atom is 0.0543 e. The Labute approximate surface area is 144 Å². The molecule has 0 bridgehead atoms. The number of hydrogen-bond donors (Lipinski definition) is 1. The molecule has 4 atom stereocenters. The van der Waals surface area contributed by atoms with E-state index in [-0.39, 0.29) is 6.10 Å². The van der Waals surface area contributed by atoms with E-state index in [2.05, 4.69) is 6.92 Å². The lowest BCUT2D eigenvalue weighted by atomic mass is 9.59. The Bertz CT molecular complexity index is 331. The Balaban J connectivity index is 1.43. The third kappa shape index (κ3) is 4.74. The van der Waals surface area contributed by atoms with E-state index < -0.39 is 0 Å². The lowest BCUT2D eigenvalue weighted by Gasteiger charge is -2.47. The fraction of sp³-hybridized carbons (Fsp3) is 1.00. The first kappa shape index (κ1) is 17.8. The molecule has 0 aromatic heterocycles. The molecule has 1 nitrogen and oxygen atoms in total.